The van der Waals surface area contributed by atoms with Crippen LogP contribution < -0.4 is 5.73 Å². The van der Waals surface area contributed by atoms with E-state index in [4.69, 9.17) is 15.6 Å². The summed E-state index contributed by atoms with van der Waals surface area (Å²) in [4.78, 5) is 27.4. The average molecular weight is 276 g/mol. The van der Waals surface area contributed by atoms with E-state index in [2.05, 4.69) is 9.97 Å². The lowest BCUT2D eigenvalue weighted by Gasteiger charge is -1.94. The van der Waals surface area contributed by atoms with E-state index in [0.29, 0.717) is 11.3 Å². The number of carbonyl (C=O) groups is 2. The standard InChI is InChI=1S/C7H6N4O.C2HF3O2/c8-6(12)5-3-10-7-9-1-2-11(7)4-5;3-2(4,5)1(6)7/h1-4H,(H2,8,12);(H,6,7). The fourth-order valence-corrected chi connectivity index (χ4v) is 0.944. The SMILES string of the molecule is NC(=O)c1cnc2nccn2c1.O=C(O)C(F)(F)F. The molecule has 102 valence electrons. The van der Waals surface area contributed by atoms with E-state index in [-0.39, 0.29) is 0 Å². The molecule has 3 N–H and O–H groups in total. The predicted molar refractivity (Wildman–Crippen MR) is 55.2 cm³/mol. The van der Waals surface area contributed by atoms with E-state index in [1.165, 1.54) is 6.20 Å². The third-order valence-corrected chi connectivity index (χ3v) is 1.77. The van der Waals surface area contributed by atoms with E-state index in [1.54, 1.807) is 23.0 Å². The Balaban J connectivity index is 0.000000224. The number of imidazole rings is 1. The van der Waals surface area contributed by atoms with Crippen molar-refractivity contribution >= 4 is 17.7 Å². The molecule has 0 bridgehead atoms. The molecule has 0 saturated carbocycles. The van der Waals surface area contributed by atoms with Crippen LogP contribution in [0.25, 0.3) is 5.78 Å². The third-order valence-electron chi connectivity index (χ3n) is 1.77. The number of aromatic nitrogens is 3. The van der Waals surface area contributed by atoms with E-state index in [9.17, 15) is 18.0 Å². The molecule has 0 aliphatic rings. The monoisotopic (exact) mass is 276 g/mol. The molecule has 2 heterocycles. The van der Waals surface area contributed by atoms with Crippen LogP contribution in [0.3, 0.4) is 0 Å². The summed E-state index contributed by atoms with van der Waals surface area (Å²) in [6.07, 6.45) is 1.23. The Kier molecular flexibility index (Phi) is 4.04. The molecule has 0 aliphatic carbocycles. The number of amides is 1. The smallest absolute Gasteiger partial charge is 0.475 e. The van der Waals surface area contributed by atoms with Crippen molar-refractivity contribution in [3.05, 3.63) is 30.4 Å². The summed E-state index contributed by atoms with van der Waals surface area (Å²) in [6, 6.07) is 0. The molecule has 0 atom stereocenters. The topological polar surface area (TPSA) is 111 Å². The molecule has 0 unspecified atom stereocenters. The molecule has 19 heavy (non-hydrogen) atoms. The van der Waals surface area contributed by atoms with Crippen LogP contribution in [0.5, 0.6) is 0 Å². The van der Waals surface area contributed by atoms with Gasteiger partial charge < -0.3 is 10.8 Å². The van der Waals surface area contributed by atoms with Gasteiger partial charge in [-0.05, 0) is 0 Å². The summed E-state index contributed by atoms with van der Waals surface area (Å²) in [5.41, 5.74) is 5.44. The molecule has 2 aromatic rings. The first-order valence-electron chi connectivity index (χ1n) is 4.60. The molecule has 0 aliphatic heterocycles. The van der Waals surface area contributed by atoms with Crippen molar-refractivity contribution in [3.63, 3.8) is 0 Å². The van der Waals surface area contributed by atoms with Gasteiger partial charge in [-0.3, -0.25) is 9.20 Å². The fourth-order valence-electron chi connectivity index (χ4n) is 0.944. The van der Waals surface area contributed by atoms with Gasteiger partial charge in [0.15, 0.2) is 0 Å². The maximum absolute atomic E-state index is 10.7. The highest BCUT2D eigenvalue weighted by atomic mass is 19.4. The number of fused-ring (bicyclic) bond motifs is 1. The number of nitrogens with zero attached hydrogens (tertiary/aromatic N) is 3. The summed E-state index contributed by atoms with van der Waals surface area (Å²) in [5, 5.41) is 7.12. The van der Waals surface area contributed by atoms with Gasteiger partial charge in [-0.1, -0.05) is 0 Å². The van der Waals surface area contributed by atoms with Crippen molar-refractivity contribution in [1.29, 1.82) is 0 Å². The Hall–Kier alpha value is -2.65. The van der Waals surface area contributed by atoms with Crippen LogP contribution in [0.15, 0.2) is 24.8 Å². The second-order valence-electron chi connectivity index (χ2n) is 3.14. The van der Waals surface area contributed by atoms with Crippen LogP contribution in [0.1, 0.15) is 10.4 Å². The van der Waals surface area contributed by atoms with Gasteiger partial charge in [0.2, 0.25) is 5.78 Å². The lowest BCUT2D eigenvalue weighted by atomic mass is 10.3. The first-order valence-corrected chi connectivity index (χ1v) is 4.60. The molecular formula is C9H7F3N4O3. The van der Waals surface area contributed by atoms with E-state index in [0.717, 1.165) is 0 Å². The average Bonchev–Trinajstić information content (AvgIpc) is 2.74. The lowest BCUT2D eigenvalue weighted by molar-refractivity contribution is -0.192. The third kappa shape index (κ3) is 3.94. The van der Waals surface area contributed by atoms with Gasteiger partial charge in [-0.25, -0.2) is 14.8 Å². The summed E-state index contributed by atoms with van der Waals surface area (Å²) >= 11 is 0. The van der Waals surface area contributed by atoms with Crippen LogP contribution in [0, 0.1) is 0 Å². The first-order chi connectivity index (χ1) is 8.71. The Morgan fingerprint density at radius 3 is 2.37 bits per heavy atom. The number of nitrogens with two attached hydrogens (primary N) is 1. The van der Waals surface area contributed by atoms with E-state index in [1.807, 2.05) is 0 Å². The van der Waals surface area contributed by atoms with Gasteiger partial charge >= 0.3 is 12.1 Å². The van der Waals surface area contributed by atoms with Gasteiger partial charge in [-0.15, -0.1) is 0 Å². The van der Waals surface area contributed by atoms with Crippen molar-refractivity contribution in [2.75, 3.05) is 0 Å². The minimum Gasteiger partial charge on any atom is -0.475 e. The summed E-state index contributed by atoms with van der Waals surface area (Å²) in [5.74, 6) is -2.69. The molecule has 0 spiro atoms. The highest BCUT2D eigenvalue weighted by molar-refractivity contribution is 5.92. The van der Waals surface area contributed by atoms with Crippen LogP contribution in [-0.4, -0.2) is 37.5 Å². The minimum atomic E-state index is -5.08. The van der Waals surface area contributed by atoms with Crippen molar-refractivity contribution in [2.45, 2.75) is 6.18 Å². The predicted octanol–water partition coefficient (Wildman–Crippen LogP) is 0.461. The zero-order valence-corrected chi connectivity index (χ0v) is 9.13. The van der Waals surface area contributed by atoms with Gasteiger partial charge in [0, 0.05) is 24.8 Å². The molecule has 10 heteroatoms. The number of hydrogen-bond donors (Lipinski definition) is 2. The molecule has 0 radical (unpaired) electrons. The lowest BCUT2D eigenvalue weighted by Crippen LogP contribution is -2.21. The van der Waals surface area contributed by atoms with E-state index >= 15 is 0 Å². The summed E-state index contributed by atoms with van der Waals surface area (Å²) in [7, 11) is 0. The number of halogens is 3. The van der Waals surface area contributed by atoms with Crippen LogP contribution in [0.4, 0.5) is 13.2 Å². The fraction of sp³-hybridized carbons (Fsp3) is 0.111. The molecule has 7 nitrogen and oxygen atoms in total. The van der Waals surface area contributed by atoms with Crippen molar-refractivity contribution in [2.24, 2.45) is 5.73 Å². The van der Waals surface area contributed by atoms with Gasteiger partial charge in [0.25, 0.3) is 5.91 Å². The zero-order valence-electron chi connectivity index (χ0n) is 9.13. The molecule has 0 saturated heterocycles. The summed E-state index contributed by atoms with van der Waals surface area (Å²) in [6.45, 7) is 0. The van der Waals surface area contributed by atoms with Gasteiger partial charge in [0.05, 0.1) is 5.56 Å². The Morgan fingerprint density at radius 2 is 1.89 bits per heavy atom. The largest absolute Gasteiger partial charge is 0.490 e. The molecule has 1 amide bonds. The van der Waals surface area contributed by atoms with Crippen molar-refractivity contribution in [1.82, 2.24) is 14.4 Å². The molecule has 2 aromatic heterocycles. The number of alkyl halides is 3. The van der Waals surface area contributed by atoms with Gasteiger partial charge in [-0.2, -0.15) is 13.2 Å². The highest BCUT2D eigenvalue weighted by Crippen LogP contribution is 2.13. The molecular weight excluding hydrogens is 269 g/mol. The van der Waals surface area contributed by atoms with Crippen LogP contribution >= 0.6 is 0 Å². The molecule has 0 aromatic carbocycles. The highest BCUT2D eigenvalue weighted by Gasteiger charge is 2.38. The van der Waals surface area contributed by atoms with Crippen molar-refractivity contribution < 1.29 is 27.9 Å². The number of hydrogen-bond acceptors (Lipinski definition) is 4. The van der Waals surface area contributed by atoms with Crippen LogP contribution in [-0.2, 0) is 4.79 Å². The Morgan fingerprint density at radius 1 is 1.32 bits per heavy atom. The Labute approximate surface area is 103 Å². The quantitative estimate of drug-likeness (QED) is 0.786. The number of carboxylic acid groups (broad SMARTS) is 1. The minimum absolute atomic E-state index is 0.375. The maximum Gasteiger partial charge on any atom is 0.490 e. The number of rotatable bonds is 1. The second kappa shape index (κ2) is 5.33. The summed E-state index contributed by atoms with van der Waals surface area (Å²) < 4.78 is 33.4. The number of primary amides is 1. The molecule has 0 fully saturated rings. The van der Waals surface area contributed by atoms with Crippen LogP contribution in [0.2, 0.25) is 0 Å². The Bertz CT molecular complexity index is 608. The van der Waals surface area contributed by atoms with Gasteiger partial charge in [0.1, 0.15) is 0 Å². The molecule has 2 rings (SSSR count). The number of carboxylic acids is 1. The second-order valence-corrected chi connectivity index (χ2v) is 3.14. The number of aliphatic carboxylic acids is 1. The van der Waals surface area contributed by atoms with Crippen molar-refractivity contribution in [3.8, 4) is 0 Å². The zero-order chi connectivity index (χ0) is 14.6. The number of carbonyl (C=O) groups excluding carboxylic acids is 1. The first kappa shape index (κ1) is 14.4. The van der Waals surface area contributed by atoms with E-state index < -0.39 is 18.1 Å². The maximum atomic E-state index is 10.7. The normalized spacial score (nSPS) is 10.7.